The van der Waals surface area contributed by atoms with Crippen LogP contribution in [-0.4, -0.2) is 85.4 Å². The van der Waals surface area contributed by atoms with E-state index in [4.69, 9.17) is 9.72 Å². The zero-order valence-electron chi connectivity index (χ0n) is 18.0. The fourth-order valence-corrected chi connectivity index (χ4v) is 3.48. The van der Waals surface area contributed by atoms with Crippen molar-refractivity contribution in [1.29, 1.82) is 0 Å². The molecule has 1 aromatic carbocycles. The Hall–Kier alpha value is -3.01. The van der Waals surface area contributed by atoms with Crippen LogP contribution >= 0.6 is 0 Å². The van der Waals surface area contributed by atoms with Crippen LogP contribution in [0.2, 0.25) is 0 Å². The minimum absolute atomic E-state index is 0.0104. The molecule has 0 aliphatic carbocycles. The zero-order valence-corrected chi connectivity index (χ0v) is 18.0. The number of aromatic nitrogens is 3. The van der Waals surface area contributed by atoms with Crippen LogP contribution in [-0.2, 0) is 4.79 Å². The molecule has 9 nitrogen and oxygen atoms in total. The van der Waals surface area contributed by atoms with Crippen molar-refractivity contribution in [2.75, 3.05) is 64.9 Å². The Bertz CT molecular complexity index is 1030. The van der Waals surface area contributed by atoms with E-state index in [0.717, 1.165) is 30.0 Å². The highest BCUT2D eigenvalue weighted by molar-refractivity contribution is 5.94. The zero-order chi connectivity index (χ0) is 21.6. The number of benzene rings is 1. The van der Waals surface area contributed by atoms with E-state index in [0.29, 0.717) is 37.7 Å². The number of hydrogen-bond donors (Lipinski definition) is 2. The van der Waals surface area contributed by atoms with Crippen molar-refractivity contribution in [2.45, 2.75) is 0 Å². The topological polar surface area (TPSA) is 87.0 Å². The first-order valence-electron chi connectivity index (χ1n) is 10.6. The number of ether oxygens (including phenoxy) is 1. The smallest absolute Gasteiger partial charge is 0.242 e. The fraction of sp³-hybridized carbons (Fsp3) is 0.409. The second kappa shape index (κ2) is 9.86. The van der Waals surface area contributed by atoms with E-state index in [1.54, 1.807) is 15.6 Å². The summed E-state index contributed by atoms with van der Waals surface area (Å²) in [5, 5.41) is 11.0. The monoisotopic (exact) mass is 423 g/mol. The maximum atomic E-state index is 13.0. The van der Waals surface area contributed by atoms with Gasteiger partial charge in [0.25, 0.3) is 0 Å². The molecule has 2 aromatic heterocycles. The first kappa shape index (κ1) is 21.2. The lowest BCUT2D eigenvalue weighted by Gasteiger charge is -2.23. The quantitative estimate of drug-likeness (QED) is 0.589. The highest BCUT2D eigenvalue weighted by atomic mass is 16.5. The predicted octanol–water partition coefficient (Wildman–Crippen LogP) is 0.863. The Kier molecular flexibility index (Phi) is 6.76. The van der Waals surface area contributed by atoms with Crippen molar-refractivity contribution in [2.24, 2.45) is 0 Å². The minimum Gasteiger partial charge on any atom is -0.492 e. The number of carbonyl (C=O) groups is 1. The molecule has 3 heterocycles. The van der Waals surface area contributed by atoms with Gasteiger partial charge in [-0.05, 0) is 37.9 Å². The number of nitrogens with one attached hydrogen (secondary N) is 2. The molecule has 164 valence electrons. The number of anilines is 1. The molecule has 0 atom stereocenters. The number of hydrogen-bond acceptors (Lipinski definition) is 7. The van der Waals surface area contributed by atoms with Gasteiger partial charge in [-0.2, -0.15) is 5.10 Å². The van der Waals surface area contributed by atoms with E-state index in [9.17, 15) is 4.79 Å². The molecule has 9 heteroatoms. The standard InChI is InChI=1S/C22H29N7O2/c1-27(2)11-7-24-16-21(30)28-12-8-23-9-13-31-18-5-3-4-17(14-18)19-15-25-29-10-6-20(28)26-22(19)29/h3-6,10,14-15,23-24H,7-9,11-13,16H2,1-2H3. The summed E-state index contributed by atoms with van der Waals surface area (Å²) in [6.45, 7) is 4.29. The molecule has 4 bridgehead atoms. The molecule has 3 aromatic rings. The van der Waals surface area contributed by atoms with Crippen LogP contribution < -0.4 is 20.3 Å². The second-order valence-corrected chi connectivity index (χ2v) is 7.76. The van der Waals surface area contributed by atoms with Crippen molar-refractivity contribution >= 4 is 17.4 Å². The molecule has 1 aliphatic heterocycles. The molecule has 0 spiro atoms. The fourth-order valence-electron chi connectivity index (χ4n) is 3.48. The summed E-state index contributed by atoms with van der Waals surface area (Å²) in [4.78, 5) is 21.7. The second-order valence-electron chi connectivity index (χ2n) is 7.76. The summed E-state index contributed by atoms with van der Waals surface area (Å²) in [5.41, 5.74) is 2.59. The number of rotatable bonds is 5. The summed E-state index contributed by atoms with van der Waals surface area (Å²) in [5.74, 6) is 1.43. The van der Waals surface area contributed by atoms with Crippen LogP contribution in [0.15, 0.2) is 42.7 Å². The van der Waals surface area contributed by atoms with Gasteiger partial charge in [0.05, 0.1) is 12.7 Å². The van der Waals surface area contributed by atoms with Gasteiger partial charge in [0, 0.05) is 44.5 Å². The van der Waals surface area contributed by atoms with E-state index >= 15 is 0 Å². The van der Waals surface area contributed by atoms with E-state index in [1.165, 1.54) is 0 Å². The number of nitrogens with zero attached hydrogens (tertiary/aromatic N) is 5. The molecular formula is C22H29N7O2. The molecule has 0 unspecified atom stereocenters. The third-order valence-electron chi connectivity index (χ3n) is 5.15. The van der Waals surface area contributed by atoms with Gasteiger partial charge in [-0.1, -0.05) is 12.1 Å². The average Bonchev–Trinajstić information content (AvgIpc) is 3.19. The van der Waals surface area contributed by atoms with Crippen molar-refractivity contribution in [1.82, 2.24) is 30.1 Å². The molecule has 4 rings (SSSR count). The van der Waals surface area contributed by atoms with Gasteiger partial charge in [-0.25, -0.2) is 9.50 Å². The van der Waals surface area contributed by atoms with Gasteiger partial charge < -0.3 is 20.3 Å². The summed E-state index contributed by atoms with van der Waals surface area (Å²) >= 11 is 0. The number of fused-ring (bicyclic) bond motifs is 4. The Morgan fingerprint density at radius 1 is 1.29 bits per heavy atom. The lowest BCUT2D eigenvalue weighted by molar-refractivity contribution is -0.117. The Morgan fingerprint density at radius 3 is 3.06 bits per heavy atom. The lowest BCUT2D eigenvalue weighted by Crippen LogP contribution is -2.43. The van der Waals surface area contributed by atoms with E-state index in [1.807, 2.05) is 50.6 Å². The SMILES string of the molecule is CN(C)CCNCC(=O)N1CCNCCOc2cccc(c2)-c2cnn3ccc1nc23. The molecule has 2 N–H and O–H groups in total. The average molecular weight is 424 g/mol. The summed E-state index contributed by atoms with van der Waals surface area (Å²) in [6, 6.07) is 9.76. The van der Waals surface area contributed by atoms with E-state index in [2.05, 4.69) is 20.6 Å². The highest BCUT2D eigenvalue weighted by Gasteiger charge is 2.19. The van der Waals surface area contributed by atoms with Crippen LogP contribution in [0.1, 0.15) is 0 Å². The Morgan fingerprint density at radius 2 is 2.19 bits per heavy atom. The van der Waals surface area contributed by atoms with Crippen LogP contribution in [0, 0.1) is 0 Å². The van der Waals surface area contributed by atoms with Crippen LogP contribution in [0.25, 0.3) is 16.8 Å². The molecule has 1 amide bonds. The van der Waals surface area contributed by atoms with Crippen molar-refractivity contribution in [3.05, 3.63) is 42.7 Å². The van der Waals surface area contributed by atoms with Crippen LogP contribution in [0.4, 0.5) is 5.82 Å². The van der Waals surface area contributed by atoms with Gasteiger partial charge >= 0.3 is 0 Å². The third-order valence-corrected chi connectivity index (χ3v) is 5.15. The van der Waals surface area contributed by atoms with Crippen molar-refractivity contribution in [3.8, 4) is 16.9 Å². The van der Waals surface area contributed by atoms with Crippen molar-refractivity contribution in [3.63, 3.8) is 0 Å². The van der Waals surface area contributed by atoms with E-state index in [-0.39, 0.29) is 12.5 Å². The molecular weight excluding hydrogens is 394 g/mol. The molecule has 0 radical (unpaired) electrons. The van der Waals surface area contributed by atoms with Crippen LogP contribution in [0.3, 0.4) is 0 Å². The summed E-state index contributed by atoms with van der Waals surface area (Å²) in [6.07, 6.45) is 3.65. The number of carbonyl (C=O) groups excluding carboxylic acids is 1. The Labute approximate surface area is 182 Å². The van der Waals surface area contributed by atoms with Gasteiger partial charge in [0.1, 0.15) is 18.2 Å². The maximum Gasteiger partial charge on any atom is 0.242 e. The largest absolute Gasteiger partial charge is 0.492 e. The van der Waals surface area contributed by atoms with Crippen molar-refractivity contribution < 1.29 is 9.53 Å². The number of likely N-dealkylation sites (N-methyl/N-ethyl adjacent to an activating group) is 1. The molecule has 1 aliphatic rings. The molecule has 0 fully saturated rings. The maximum absolute atomic E-state index is 13.0. The first-order chi connectivity index (χ1) is 15.1. The van der Waals surface area contributed by atoms with Crippen LogP contribution in [0.5, 0.6) is 5.75 Å². The lowest BCUT2D eigenvalue weighted by atomic mass is 10.1. The van der Waals surface area contributed by atoms with Gasteiger partial charge in [0.2, 0.25) is 5.91 Å². The predicted molar refractivity (Wildman–Crippen MR) is 121 cm³/mol. The molecule has 0 saturated heterocycles. The first-order valence-corrected chi connectivity index (χ1v) is 10.6. The number of amides is 1. The normalized spacial score (nSPS) is 14.6. The highest BCUT2D eigenvalue weighted by Crippen LogP contribution is 2.28. The van der Waals surface area contributed by atoms with Gasteiger partial charge in [-0.15, -0.1) is 0 Å². The molecule has 31 heavy (non-hydrogen) atoms. The summed E-state index contributed by atoms with van der Waals surface area (Å²) in [7, 11) is 4.02. The summed E-state index contributed by atoms with van der Waals surface area (Å²) < 4.78 is 7.60. The Balaban J connectivity index is 1.65. The third kappa shape index (κ3) is 5.19. The molecule has 0 saturated carbocycles. The minimum atomic E-state index is -0.0104. The van der Waals surface area contributed by atoms with E-state index < -0.39 is 0 Å². The van der Waals surface area contributed by atoms with Gasteiger partial charge in [-0.3, -0.25) is 9.69 Å². The van der Waals surface area contributed by atoms with Gasteiger partial charge in [0.15, 0.2) is 5.65 Å².